The zero-order valence-electron chi connectivity index (χ0n) is 23.2. The van der Waals surface area contributed by atoms with Crippen molar-refractivity contribution in [1.29, 1.82) is 0 Å². The van der Waals surface area contributed by atoms with Gasteiger partial charge in [0.2, 0.25) is 5.88 Å². The molecule has 1 aliphatic carbocycles. The van der Waals surface area contributed by atoms with Crippen LogP contribution in [0.4, 0.5) is 0 Å². The van der Waals surface area contributed by atoms with Gasteiger partial charge in [0.25, 0.3) is 0 Å². The zero-order chi connectivity index (χ0) is 28.3. The predicted octanol–water partition coefficient (Wildman–Crippen LogP) is 5.20. The number of methoxy groups -OCH3 is 1. The number of rotatable bonds is 9. The monoisotopic (exact) mass is 549 g/mol. The Morgan fingerprint density at radius 2 is 1.88 bits per heavy atom. The van der Waals surface area contributed by atoms with Crippen LogP contribution in [0.25, 0.3) is 28.1 Å². The number of carboxylic acid groups (broad SMARTS) is 1. The van der Waals surface area contributed by atoms with Crippen LogP contribution in [-0.2, 0) is 17.8 Å². The van der Waals surface area contributed by atoms with Crippen LogP contribution in [0, 0.1) is 0 Å². The molecule has 0 saturated carbocycles. The summed E-state index contributed by atoms with van der Waals surface area (Å²) >= 11 is 0. The van der Waals surface area contributed by atoms with E-state index in [0.29, 0.717) is 29.5 Å². The van der Waals surface area contributed by atoms with E-state index in [0.717, 1.165) is 55.9 Å². The average Bonchev–Trinajstić information content (AvgIpc) is 3.37. The van der Waals surface area contributed by atoms with Crippen LogP contribution in [0.1, 0.15) is 46.8 Å². The number of aliphatic hydroxyl groups excluding tert-OH is 1. The maximum Gasteiger partial charge on any atom is 0.328 e. The molecule has 2 aliphatic rings. The largest absolute Gasteiger partial charge is 0.481 e. The second kappa shape index (κ2) is 11.8. The molecule has 0 radical (unpaired) electrons. The first kappa shape index (κ1) is 27.1. The van der Waals surface area contributed by atoms with E-state index in [9.17, 15) is 9.90 Å². The lowest BCUT2D eigenvalue weighted by molar-refractivity contribution is -0.131. The molecule has 4 aromatic rings. The minimum Gasteiger partial charge on any atom is -0.481 e. The molecule has 7 heteroatoms. The summed E-state index contributed by atoms with van der Waals surface area (Å²) in [5.74, 6) is -0.565. The van der Waals surface area contributed by atoms with Gasteiger partial charge in [-0.25, -0.2) is 9.78 Å². The van der Waals surface area contributed by atoms with Gasteiger partial charge >= 0.3 is 5.97 Å². The van der Waals surface area contributed by atoms with E-state index in [1.165, 1.54) is 27.8 Å². The summed E-state index contributed by atoms with van der Waals surface area (Å²) in [7, 11) is 1.56. The Kier molecular flexibility index (Phi) is 7.83. The average molecular weight is 550 g/mol. The first-order valence-corrected chi connectivity index (χ1v) is 14.2. The number of pyridine rings is 1. The third-order valence-corrected chi connectivity index (χ3v) is 8.34. The van der Waals surface area contributed by atoms with Crippen LogP contribution in [0.5, 0.6) is 5.88 Å². The Balaban J connectivity index is 1.06. The molecule has 0 amide bonds. The highest BCUT2D eigenvalue weighted by molar-refractivity contribution is 5.94. The summed E-state index contributed by atoms with van der Waals surface area (Å²) < 4.78 is 5.33. The molecule has 1 aromatic heterocycles. The Hall–Kier alpha value is -4.04. The highest BCUT2D eigenvalue weighted by atomic mass is 16.5. The standard InChI is InChI=1S/C34H35N3O4/c1-41-32-12-11-29-23(8-13-33(39)40)7-10-30(34(29)36-32)31(38)21-37-16-14-26(15-17-37)35-20-22-6-9-28-25(18-22)19-24-4-2-3-5-27(24)28/h2-13,18,26,31,35,38H,14-17,19-21H2,1H3,(H,39,40)/b13-8+. The van der Waals surface area contributed by atoms with Gasteiger partial charge < -0.3 is 25.2 Å². The number of carboxylic acids is 1. The van der Waals surface area contributed by atoms with Crippen LogP contribution in [0.3, 0.4) is 0 Å². The van der Waals surface area contributed by atoms with Crippen molar-refractivity contribution in [2.45, 2.75) is 38.0 Å². The molecule has 1 aliphatic heterocycles. The Morgan fingerprint density at radius 1 is 1.07 bits per heavy atom. The Morgan fingerprint density at radius 3 is 2.68 bits per heavy atom. The molecule has 210 valence electrons. The van der Waals surface area contributed by atoms with Crippen LogP contribution >= 0.6 is 0 Å². The molecule has 1 unspecified atom stereocenters. The predicted molar refractivity (Wildman–Crippen MR) is 161 cm³/mol. The fourth-order valence-electron chi connectivity index (χ4n) is 6.16. The number of β-amino-alcohol motifs (C(OH)–C–C–N with tert-alkyl or cyclic N) is 1. The van der Waals surface area contributed by atoms with Gasteiger partial charge in [0.15, 0.2) is 0 Å². The molecule has 6 rings (SSSR count). The molecule has 41 heavy (non-hydrogen) atoms. The summed E-state index contributed by atoms with van der Waals surface area (Å²) in [5.41, 5.74) is 8.95. The number of likely N-dealkylation sites (tertiary alicyclic amines) is 1. The number of hydrogen-bond donors (Lipinski definition) is 3. The number of benzene rings is 3. The molecule has 1 saturated heterocycles. The van der Waals surface area contributed by atoms with E-state index in [4.69, 9.17) is 9.84 Å². The molecule has 1 fully saturated rings. The van der Waals surface area contributed by atoms with Crippen molar-refractivity contribution in [3.05, 3.63) is 101 Å². The maximum absolute atomic E-state index is 11.3. The molecule has 0 bridgehead atoms. The lowest BCUT2D eigenvalue weighted by atomic mass is 9.98. The van der Waals surface area contributed by atoms with Gasteiger partial charge in [0, 0.05) is 42.2 Å². The van der Waals surface area contributed by atoms with E-state index in [1.807, 2.05) is 18.2 Å². The molecule has 7 nitrogen and oxygen atoms in total. The smallest absolute Gasteiger partial charge is 0.328 e. The second-order valence-electron chi connectivity index (χ2n) is 11.0. The topological polar surface area (TPSA) is 94.9 Å². The van der Waals surface area contributed by atoms with E-state index in [2.05, 4.69) is 57.7 Å². The maximum atomic E-state index is 11.3. The SMILES string of the molecule is COc1ccc2c(/C=C/C(=O)O)ccc(C(O)CN3CCC(NCc4ccc5c(c4)Cc4ccccc4-5)CC3)c2n1. The number of ether oxygens (including phenoxy) is 1. The minimum absolute atomic E-state index is 0.445. The zero-order valence-corrected chi connectivity index (χ0v) is 23.2. The fraction of sp³-hybridized carbons (Fsp3) is 0.294. The van der Waals surface area contributed by atoms with E-state index >= 15 is 0 Å². The van der Waals surface area contributed by atoms with Gasteiger partial charge in [-0.15, -0.1) is 0 Å². The van der Waals surface area contributed by atoms with Gasteiger partial charge in [-0.05, 0) is 77.9 Å². The van der Waals surface area contributed by atoms with Gasteiger partial charge in [0.1, 0.15) is 0 Å². The Bertz CT molecular complexity index is 1610. The molecule has 1 atom stereocenters. The second-order valence-corrected chi connectivity index (χ2v) is 11.0. The van der Waals surface area contributed by atoms with E-state index in [1.54, 1.807) is 19.3 Å². The van der Waals surface area contributed by atoms with Crippen LogP contribution < -0.4 is 10.1 Å². The van der Waals surface area contributed by atoms with Crippen LogP contribution in [0.15, 0.2) is 72.8 Å². The van der Waals surface area contributed by atoms with E-state index < -0.39 is 12.1 Å². The number of carbonyl (C=O) groups is 1. The summed E-state index contributed by atoms with van der Waals surface area (Å²) in [6.45, 7) is 3.18. The first-order valence-electron chi connectivity index (χ1n) is 14.2. The van der Waals surface area contributed by atoms with Crippen LogP contribution in [-0.4, -0.2) is 58.9 Å². The minimum atomic E-state index is -1.01. The van der Waals surface area contributed by atoms with Crippen molar-refractivity contribution < 1.29 is 19.7 Å². The number of fused-ring (bicyclic) bond motifs is 4. The lowest BCUT2D eigenvalue weighted by Crippen LogP contribution is -2.43. The lowest BCUT2D eigenvalue weighted by Gasteiger charge is -2.34. The van der Waals surface area contributed by atoms with Gasteiger partial charge in [0.05, 0.1) is 18.7 Å². The van der Waals surface area contributed by atoms with Crippen molar-refractivity contribution in [3.63, 3.8) is 0 Å². The molecule has 3 N–H and O–H groups in total. The molecular weight excluding hydrogens is 514 g/mol. The number of aromatic nitrogens is 1. The molecule has 2 heterocycles. The quantitative estimate of drug-likeness (QED) is 0.218. The van der Waals surface area contributed by atoms with Gasteiger partial charge in [-0.1, -0.05) is 54.6 Å². The number of nitrogens with one attached hydrogen (secondary N) is 1. The van der Waals surface area contributed by atoms with Gasteiger partial charge in [-0.3, -0.25) is 0 Å². The first-order chi connectivity index (χ1) is 20.0. The third kappa shape index (κ3) is 5.88. The fourth-order valence-corrected chi connectivity index (χ4v) is 6.16. The summed E-state index contributed by atoms with van der Waals surface area (Å²) in [4.78, 5) is 18.0. The van der Waals surface area contributed by atoms with Gasteiger partial charge in [-0.2, -0.15) is 0 Å². The highest BCUT2D eigenvalue weighted by Gasteiger charge is 2.24. The van der Waals surface area contributed by atoms with Crippen molar-refractivity contribution in [2.24, 2.45) is 0 Å². The van der Waals surface area contributed by atoms with Crippen molar-refractivity contribution in [1.82, 2.24) is 15.2 Å². The third-order valence-electron chi connectivity index (χ3n) is 8.34. The summed E-state index contributed by atoms with van der Waals surface area (Å²) in [5, 5.41) is 24.8. The number of piperidine rings is 1. The van der Waals surface area contributed by atoms with Crippen LogP contribution in [0.2, 0.25) is 0 Å². The van der Waals surface area contributed by atoms with Crippen molar-refractivity contribution in [2.75, 3.05) is 26.7 Å². The normalized spacial score (nSPS) is 16.1. The number of nitrogens with zero attached hydrogens (tertiary/aromatic N) is 2. The molecular formula is C34H35N3O4. The van der Waals surface area contributed by atoms with E-state index in [-0.39, 0.29) is 0 Å². The molecule has 3 aromatic carbocycles. The number of hydrogen-bond acceptors (Lipinski definition) is 6. The van der Waals surface area contributed by atoms with Crippen molar-refractivity contribution in [3.8, 4) is 17.0 Å². The number of aliphatic hydroxyl groups is 1. The summed E-state index contributed by atoms with van der Waals surface area (Å²) in [6, 6.07) is 23.3. The van der Waals surface area contributed by atoms with Crippen molar-refractivity contribution >= 4 is 22.9 Å². The molecule has 0 spiro atoms. The summed E-state index contributed by atoms with van der Waals surface area (Å²) in [6.07, 6.45) is 4.99. The Labute approximate surface area is 240 Å². The number of aliphatic carboxylic acids is 1. The highest BCUT2D eigenvalue weighted by Crippen LogP contribution is 2.37.